The molecule has 0 aromatic carbocycles. The molecule has 0 saturated carbocycles. The fraction of sp³-hybridized carbons (Fsp3) is 0.286. The van der Waals surface area contributed by atoms with Crippen molar-refractivity contribution in [2.24, 2.45) is 0 Å². The highest BCUT2D eigenvalue weighted by Crippen LogP contribution is 2.16. The van der Waals surface area contributed by atoms with Crippen LogP contribution in [0.15, 0.2) is 24.5 Å². The Morgan fingerprint density at radius 1 is 1.50 bits per heavy atom. The fourth-order valence-electron chi connectivity index (χ4n) is 0.689. The summed E-state index contributed by atoms with van der Waals surface area (Å²) in [4.78, 5) is 0. The van der Waals surface area contributed by atoms with Crippen molar-refractivity contribution in [2.75, 3.05) is 0 Å². The number of nitrogens with zero attached hydrogens (tertiary/aromatic N) is 1. The molecule has 3 heteroatoms. The molecule has 2 nitrogen and oxygen atoms in total. The zero-order chi connectivity index (χ0) is 7.56. The Morgan fingerprint density at radius 2 is 2.00 bits per heavy atom. The van der Waals surface area contributed by atoms with Crippen LogP contribution in [0.2, 0.25) is 0 Å². The third kappa shape index (κ3) is 1.61. The second-order valence-electron chi connectivity index (χ2n) is 2.11. The van der Waals surface area contributed by atoms with E-state index in [0.29, 0.717) is 0 Å². The van der Waals surface area contributed by atoms with Crippen LogP contribution in [-0.2, 0) is 0 Å². The first-order valence-electron chi connectivity index (χ1n) is 3.03. The standard InChI is InChI=1S/C7H8ClNO/c1-6(8)7-2-4-9(10)5-3-7/h2-6H,1H3. The summed E-state index contributed by atoms with van der Waals surface area (Å²) < 4.78 is 0.739. The Labute approximate surface area is 64.6 Å². The quantitative estimate of drug-likeness (QED) is 0.346. The van der Waals surface area contributed by atoms with E-state index in [4.69, 9.17) is 11.6 Å². The third-order valence-corrected chi connectivity index (χ3v) is 1.54. The molecule has 0 aliphatic heterocycles. The van der Waals surface area contributed by atoms with Gasteiger partial charge in [0, 0.05) is 12.1 Å². The number of halogens is 1. The molecule has 0 spiro atoms. The van der Waals surface area contributed by atoms with Crippen molar-refractivity contribution in [2.45, 2.75) is 12.3 Å². The van der Waals surface area contributed by atoms with Gasteiger partial charge in [-0.3, -0.25) is 0 Å². The molecule has 0 bridgehead atoms. The number of rotatable bonds is 1. The van der Waals surface area contributed by atoms with Crippen LogP contribution in [0.25, 0.3) is 0 Å². The fourth-order valence-corrected chi connectivity index (χ4v) is 0.835. The van der Waals surface area contributed by atoms with E-state index in [2.05, 4.69) is 0 Å². The van der Waals surface area contributed by atoms with E-state index >= 15 is 0 Å². The van der Waals surface area contributed by atoms with E-state index in [9.17, 15) is 5.21 Å². The molecule has 1 rings (SSSR count). The van der Waals surface area contributed by atoms with E-state index in [1.807, 2.05) is 6.92 Å². The molecule has 10 heavy (non-hydrogen) atoms. The molecule has 1 atom stereocenters. The molecule has 1 heterocycles. The van der Waals surface area contributed by atoms with Crippen molar-refractivity contribution in [3.05, 3.63) is 35.3 Å². The number of hydrogen-bond donors (Lipinski definition) is 0. The van der Waals surface area contributed by atoms with Gasteiger partial charge in [0.1, 0.15) is 0 Å². The summed E-state index contributed by atoms with van der Waals surface area (Å²) in [7, 11) is 0. The van der Waals surface area contributed by atoms with E-state index in [1.165, 1.54) is 12.4 Å². The maximum Gasteiger partial charge on any atom is 0.180 e. The van der Waals surface area contributed by atoms with Crippen LogP contribution in [0.4, 0.5) is 0 Å². The Morgan fingerprint density at radius 3 is 2.40 bits per heavy atom. The zero-order valence-electron chi connectivity index (χ0n) is 5.62. The maximum atomic E-state index is 10.5. The molecule has 0 radical (unpaired) electrons. The molecule has 0 aliphatic carbocycles. The minimum Gasteiger partial charge on any atom is -0.619 e. The number of pyridine rings is 1. The molecule has 0 aliphatic rings. The van der Waals surface area contributed by atoms with Crippen LogP contribution >= 0.6 is 11.6 Å². The van der Waals surface area contributed by atoms with Crippen molar-refractivity contribution >= 4 is 11.6 Å². The molecule has 1 aromatic rings. The van der Waals surface area contributed by atoms with Crippen molar-refractivity contribution in [1.29, 1.82) is 0 Å². The first-order chi connectivity index (χ1) is 4.70. The first-order valence-corrected chi connectivity index (χ1v) is 3.46. The van der Waals surface area contributed by atoms with Crippen LogP contribution in [0.5, 0.6) is 0 Å². The van der Waals surface area contributed by atoms with Gasteiger partial charge in [-0.2, -0.15) is 4.73 Å². The lowest BCUT2D eigenvalue weighted by Gasteiger charge is -2.00. The molecule has 1 unspecified atom stereocenters. The lowest BCUT2D eigenvalue weighted by molar-refractivity contribution is -0.605. The van der Waals surface area contributed by atoms with E-state index in [1.54, 1.807) is 12.1 Å². The molecule has 1 aromatic heterocycles. The van der Waals surface area contributed by atoms with Gasteiger partial charge >= 0.3 is 0 Å². The largest absolute Gasteiger partial charge is 0.619 e. The Balaban J connectivity index is 2.89. The van der Waals surface area contributed by atoms with Crippen molar-refractivity contribution in [1.82, 2.24) is 0 Å². The van der Waals surface area contributed by atoms with Crippen molar-refractivity contribution < 1.29 is 4.73 Å². The van der Waals surface area contributed by atoms with Gasteiger partial charge in [0.05, 0.1) is 5.38 Å². The Bertz CT molecular complexity index is 207. The lowest BCUT2D eigenvalue weighted by atomic mass is 10.2. The number of hydrogen-bond acceptors (Lipinski definition) is 1. The monoisotopic (exact) mass is 157 g/mol. The van der Waals surface area contributed by atoms with E-state index in [0.717, 1.165) is 10.3 Å². The molecular weight excluding hydrogens is 150 g/mol. The summed E-state index contributed by atoms with van der Waals surface area (Å²) in [6.45, 7) is 1.87. The second-order valence-corrected chi connectivity index (χ2v) is 2.76. The van der Waals surface area contributed by atoms with Crippen LogP contribution < -0.4 is 4.73 Å². The lowest BCUT2D eigenvalue weighted by Crippen LogP contribution is -2.23. The average molecular weight is 158 g/mol. The van der Waals surface area contributed by atoms with E-state index in [-0.39, 0.29) is 5.38 Å². The van der Waals surface area contributed by atoms with Gasteiger partial charge in [0.25, 0.3) is 0 Å². The summed E-state index contributed by atoms with van der Waals surface area (Å²) >= 11 is 5.74. The summed E-state index contributed by atoms with van der Waals surface area (Å²) in [6.07, 6.45) is 2.88. The molecular formula is C7H8ClNO. The van der Waals surface area contributed by atoms with E-state index < -0.39 is 0 Å². The predicted octanol–water partition coefficient (Wildman–Crippen LogP) is 1.62. The topological polar surface area (TPSA) is 26.9 Å². The summed E-state index contributed by atoms with van der Waals surface area (Å²) in [5, 5.41) is 10.5. The van der Waals surface area contributed by atoms with Gasteiger partial charge in [-0.1, -0.05) is 0 Å². The molecule has 0 fully saturated rings. The van der Waals surface area contributed by atoms with Crippen molar-refractivity contribution in [3.63, 3.8) is 0 Å². The third-order valence-electron chi connectivity index (χ3n) is 1.29. The van der Waals surface area contributed by atoms with Crippen LogP contribution in [-0.4, -0.2) is 0 Å². The highest BCUT2D eigenvalue weighted by atomic mass is 35.5. The normalized spacial score (nSPS) is 13.0. The molecule has 0 saturated heterocycles. The first kappa shape index (κ1) is 7.35. The Kier molecular flexibility index (Phi) is 2.12. The SMILES string of the molecule is CC(Cl)c1cc[n+]([O-])cc1. The van der Waals surface area contributed by atoms with Crippen LogP contribution in [0.3, 0.4) is 0 Å². The van der Waals surface area contributed by atoms with Gasteiger partial charge in [0.15, 0.2) is 12.4 Å². The minimum absolute atomic E-state index is 0.0267. The Hall–Kier alpha value is -0.760. The van der Waals surface area contributed by atoms with Crippen LogP contribution in [0, 0.1) is 5.21 Å². The molecule has 0 N–H and O–H groups in total. The second kappa shape index (κ2) is 2.88. The predicted molar refractivity (Wildman–Crippen MR) is 39.7 cm³/mol. The highest BCUT2D eigenvalue weighted by molar-refractivity contribution is 6.20. The number of aromatic nitrogens is 1. The summed E-state index contributed by atoms with van der Waals surface area (Å²) in [5.74, 6) is 0. The average Bonchev–Trinajstić information content (AvgIpc) is 1.88. The van der Waals surface area contributed by atoms with Gasteiger partial charge in [-0.15, -0.1) is 11.6 Å². The van der Waals surface area contributed by atoms with Gasteiger partial charge in [-0.05, 0) is 12.5 Å². The molecule has 0 amide bonds. The van der Waals surface area contributed by atoms with Gasteiger partial charge < -0.3 is 5.21 Å². The number of alkyl halides is 1. The molecule has 54 valence electrons. The smallest absolute Gasteiger partial charge is 0.180 e. The van der Waals surface area contributed by atoms with Crippen LogP contribution in [0.1, 0.15) is 17.9 Å². The minimum atomic E-state index is -0.0267. The zero-order valence-corrected chi connectivity index (χ0v) is 6.38. The van der Waals surface area contributed by atoms with Gasteiger partial charge in [-0.25, -0.2) is 0 Å². The van der Waals surface area contributed by atoms with Crippen molar-refractivity contribution in [3.8, 4) is 0 Å². The summed E-state index contributed by atoms with van der Waals surface area (Å²) in [5.41, 5.74) is 0.966. The highest BCUT2D eigenvalue weighted by Gasteiger charge is 2.00. The maximum absolute atomic E-state index is 10.5. The van der Waals surface area contributed by atoms with Gasteiger partial charge in [0.2, 0.25) is 0 Å². The summed E-state index contributed by atoms with van der Waals surface area (Å²) in [6, 6.07) is 3.43.